The van der Waals surface area contributed by atoms with E-state index in [4.69, 9.17) is 0 Å². The molecule has 1 aliphatic rings. The van der Waals surface area contributed by atoms with Gasteiger partial charge < -0.3 is 10.2 Å². The van der Waals surface area contributed by atoms with Gasteiger partial charge in [0, 0.05) is 5.70 Å². The highest BCUT2D eigenvalue weighted by molar-refractivity contribution is 5.81. The molecule has 1 aliphatic heterocycles. The number of allylic oxidation sites excluding steroid dienone is 3. The van der Waals surface area contributed by atoms with E-state index >= 15 is 0 Å². The average Bonchev–Trinajstić information content (AvgIpc) is 2.58. The summed E-state index contributed by atoms with van der Waals surface area (Å²) < 4.78 is 0. The maximum Gasteiger partial charge on any atom is 0.241 e. The molecule has 0 aromatic heterocycles. The van der Waals surface area contributed by atoms with E-state index in [1.807, 2.05) is 59.4 Å². The monoisotopic (exact) mass is 240 g/mol. The molecule has 0 radical (unpaired) electrons. The molecular formula is C14H28N2O. The molecule has 17 heavy (non-hydrogen) atoms. The first-order valence-electron chi connectivity index (χ1n) is 6.35. The first-order chi connectivity index (χ1) is 7.97. The summed E-state index contributed by atoms with van der Waals surface area (Å²) in [6.07, 6.45) is 3.64. The number of rotatable bonds is 2. The van der Waals surface area contributed by atoms with Crippen LogP contribution >= 0.6 is 0 Å². The van der Waals surface area contributed by atoms with Crippen molar-refractivity contribution >= 4 is 5.91 Å². The molecule has 1 rings (SSSR count). The zero-order valence-corrected chi connectivity index (χ0v) is 12.4. The topological polar surface area (TPSA) is 32.3 Å². The smallest absolute Gasteiger partial charge is 0.241 e. The highest BCUT2D eigenvalue weighted by Gasteiger charge is 2.36. The molecule has 1 N–H and O–H groups in total. The Labute approximate surface area is 107 Å². The van der Waals surface area contributed by atoms with Gasteiger partial charge in [-0.25, -0.2) is 0 Å². The summed E-state index contributed by atoms with van der Waals surface area (Å²) in [4.78, 5) is 13.2. The maximum atomic E-state index is 11.2. The third-order valence-corrected chi connectivity index (χ3v) is 2.21. The van der Waals surface area contributed by atoms with Gasteiger partial charge in [0.2, 0.25) is 5.91 Å². The van der Waals surface area contributed by atoms with Crippen molar-refractivity contribution in [2.45, 2.75) is 54.1 Å². The molecule has 0 atom stereocenters. The molecule has 1 saturated heterocycles. The first-order valence-corrected chi connectivity index (χ1v) is 6.35. The second-order valence-corrected chi connectivity index (χ2v) is 3.74. The van der Waals surface area contributed by atoms with Gasteiger partial charge in [-0.3, -0.25) is 4.79 Å². The molecule has 0 aromatic rings. The minimum atomic E-state index is -0.277. The van der Waals surface area contributed by atoms with Crippen molar-refractivity contribution in [3.63, 3.8) is 0 Å². The number of carbonyl (C=O) groups is 1. The second-order valence-electron chi connectivity index (χ2n) is 3.74. The van der Waals surface area contributed by atoms with E-state index < -0.39 is 0 Å². The van der Waals surface area contributed by atoms with Crippen molar-refractivity contribution in [2.75, 3.05) is 6.54 Å². The van der Waals surface area contributed by atoms with Gasteiger partial charge in [0.25, 0.3) is 0 Å². The van der Waals surface area contributed by atoms with Crippen LogP contribution in [-0.2, 0) is 4.79 Å². The normalized spacial score (nSPS) is 17.2. The zero-order valence-electron chi connectivity index (χ0n) is 12.4. The summed E-state index contributed by atoms with van der Waals surface area (Å²) in [6.45, 7) is 18.0. The summed E-state index contributed by atoms with van der Waals surface area (Å²) in [6, 6.07) is 0. The van der Waals surface area contributed by atoms with E-state index in [-0.39, 0.29) is 11.6 Å². The Balaban J connectivity index is 0. The molecule has 1 heterocycles. The lowest BCUT2D eigenvalue weighted by molar-refractivity contribution is -0.118. The molecule has 0 bridgehead atoms. The molecule has 100 valence electrons. The lowest BCUT2D eigenvalue weighted by Gasteiger charge is -2.32. The van der Waals surface area contributed by atoms with Crippen LogP contribution in [0.2, 0.25) is 0 Å². The van der Waals surface area contributed by atoms with Crippen molar-refractivity contribution in [3.8, 4) is 0 Å². The quantitative estimate of drug-likeness (QED) is 0.751. The van der Waals surface area contributed by atoms with Crippen LogP contribution in [0.4, 0.5) is 0 Å². The van der Waals surface area contributed by atoms with E-state index in [1.54, 1.807) is 6.08 Å². The fourth-order valence-electron chi connectivity index (χ4n) is 1.62. The van der Waals surface area contributed by atoms with Crippen LogP contribution in [-0.4, -0.2) is 23.0 Å². The molecule has 3 nitrogen and oxygen atoms in total. The molecule has 0 unspecified atom stereocenters. The Bertz CT molecular complexity index is 267. The van der Waals surface area contributed by atoms with Gasteiger partial charge in [-0.1, -0.05) is 40.3 Å². The van der Waals surface area contributed by atoms with Crippen molar-refractivity contribution in [3.05, 3.63) is 24.4 Å². The Morgan fingerprint density at radius 2 is 1.82 bits per heavy atom. The fraction of sp³-hybridized carbons (Fsp3) is 0.643. The van der Waals surface area contributed by atoms with Gasteiger partial charge >= 0.3 is 0 Å². The zero-order chi connectivity index (χ0) is 14.1. The number of hydrogen-bond donors (Lipinski definition) is 1. The molecular weight excluding hydrogens is 212 g/mol. The standard InChI is InChI=1S/C10H16N2O.2C2H6/c1-5-6-8(2)12-7-9(13)11-10(12,3)4;2*1-2/h5-6H,1,7H2,2-4H3,(H,11,13);2*1-2H3/b8-6+;;. The second kappa shape index (κ2) is 8.85. The Morgan fingerprint density at radius 1 is 1.35 bits per heavy atom. The molecule has 1 fully saturated rings. The van der Waals surface area contributed by atoms with Crippen LogP contribution in [0.3, 0.4) is 0 Å². The van der Waals surface area contributed by atoms with Gasteiger partial charge in [0.05, 0.1) is 6.54 Å². The van der Waals surface area contributed by atoms with Crippen molar-refractivity contribution < 1.29 is 4.79 Å². The van der Waals surface area contributed by atoms with E-state index in [0.29, 0.717) is 6.54 Å². The summed E-state index contributed by atoms with van der Waals surface area (Å²) >= 11 is 0. The molecule has 0 spiro atoms. The minimum absolute atomic E-state index is 0.0711. The highest BCUT2D eigenvalue weighted by Crippen LogP contribution is 2.21. The van der Waals surface area contributed by atoms with Gasteiger partial charge in [-0.2, -0.15) is 0 Å². The molecule has 0 aliphatic carbocycles. The molecule has 3 heteroatoms. The third-order valence-electron chi connectivity index (χ3n) is 2.21. The number of hydrogen-bond acceptors (Lipinski definition) is 2. The summed E-state index contributed by atoms with van der Waals surface area (Å²) in [5, 5.41) is 2.89. The molecule has 0 aromatic carbocycles. The number of carbonyl (C=O) groups excluding carboxylic acids is 1. The van der Waals surface area contributed by atoms with Crippen molar-refractivity contribution in [1.82, 2.24) is 10.2 Å². The average molecular weight is 240 g/mol. The van der Waals surface area contributed by atoms with Gasteiger partial charge in [0.1, 0.15) is 5.66 Å². The van der Waals surface area contributed by atoms with E-state index in [0.717, 1.165) is 5.70 Å². The Hall–Kier alpha value is -1.25. The largest absolute Gasteiger partial charge is 0.344 e. The number of nitrogens with zero attached hydrogens (tertiary/aromatic N) is 1. The predicted octanol–water partition coefficient (Wildman–Crippen LogP) is 3.30. The Morgan fingerprint density at radius 3 is 2.12 bits per heavy atom. The summed E-state index contributed by atoms with van der Waals surface area (Å²) in [7, 11) is 0. The molecule has 0 saturated carbocycles. The maximum absolute atomic E-state index is 11.2. The van der Waals surface area contributed by atoms with Crippen LogP contribution in [0.1, 0.15) is 48.5 Å². The van der Waals surface area contributed by atoms with Gasteiger partial charge in [0.15, 0.2) is 0 Å². The predicted molar refractivity (Wildman–Crippen MR) is 75.6 cm³/mol. The van der Waals surface area contributed by atoms with Gasteiger partial charge in [-0.05, 0) is 26.8 Å². The number of nitrogens with one attached hydrogen (secondary N) is 1. The van der Waals surface area contributed by atoms with E-state index in [2.05, 4.69) is 11.9 Å². The van der Waals surface area contributed by atoms with Crippen LogP contribution in [0.25, 0.3) is 0 Å². The van der Waals surface area contributed by atoms with E-state index in [1.165, 1.54) is 0 Å². The third kappa shape index (κ3) is 5.57. The van der Waals surface area contributed by atoms with Crippen molar-refractivity contribution in [1.29, 1.82) is 0 Å². The van der Waals surface area contributed by atoms with Crippen LogP contribution < -0.4 is 5.32 Å². The SMILES string of the molecule is C=C/C=C(\C)N1CC(=O)NC1(C)C.CC.CC. The van der Waals surface area contributed by atoms with Gasteiger partial charge in [-0.15, -0.1) is 0 Å². The van der Waals surface area contributed by atoms with E-state index in [9.17, 15) is 4.79 Å². The summed E-state index contributed by atoms with van der Waals surface area (Å²) in [5.74, 6) is 0.0711. The van der Waals surface area contributed by atoms with Crippen molar-refractivity contribution in [2.24, 2.45) is 0 Å². The van der Waals surface area contributed by atoms with Crippen LogP contribution in [0.5, 0.6) is 0 Å². The first kappa shape index (κ1) is 18.1. The minimum Gasteiger partial charge on any atom is -0.344 e. The van der Waals surface area contributed by atoms with Crippen LogP contribution in [0.15, 0.2) is 24.4 Å². The number of amides is 1. The summed E-state index contributed by atoms with van der Waals surface area (Å²) in [5.41, 5.74) is 0.777. The fourth-order valence-corrected chi connectivity index (χ4v) is 1.62. The lowest BCUT2D eigenvalue weighted by Crippen LogP contribution is -2.45. The van der Waals surface area contributed by atoms with Crippen LogP contribution in [0, 0.1) is 0 Å². The lowest BCUT2D eigenvalue weighted by atomic mass is 10.2. The molecule has 1 amide bonds. The highest BCUT2D eigenvalue weighted by atomic mass is 16.2. The Kier molecular flexibility index (Phi) is 9.44.